The number of hydrogen-bond donors (Lipinski definition) is 3. The summed E-state index contributed by atoms with van der Waals surface area (Å²) in [5, 5.41) is 27.6. The van der Waals surface area contributed by atoms with E-state index in [1.165, 1.54) is 6.08 Å². The van der Waals surface area contributed by atoms with Gasteiger partial charge in [0, 0.05) is 0 Å². The van der Waals surface area contributed by atoms with Crippen molar-refractivity contribution in [2.75, 3.05) is 0 Å². The van der Waals surface area contributed by atoms with Crippen LogP contribution >= 0.6 is 0 Å². The Labute approximate surface area is 132 Å². The lowest BCUT2D eigenvalue weighted by Gasteiger charge is -1.99. The van der Waals surface area contributed by atoms with Gasteiger partial charge in [-0.2, -0.15) is 0 Å². The van der Waals surface area contributed by atoms with E-state index in [0.29, 0.717) is 12.8 Å². The van der Waals surface area contributed by atoms with Crippen molar-refractivity contribution in [1.82, 2.24) is 0 Å². The smallest absolute Gasteiger partial charge is 0.307 e. The number of carbonyl (C=O) groups is 1. The molecule has 2 atom stereocenters. The molecule has 0 rings (SSSR count). The topological polar surface area (TPSA) is 77.8 Å². The largest absolute Gasteiger partial charge is 0.481 e. The van der Waals surface area contributed by atoms with E-state index in [1.807, 2.05) is 19.1 Å². The van der Waals surface area contributed by atoms with Crippen LogP contribution in [0.4, 0.5) is 0 Å². The summed E-state index contributed by atoms with van der Waals surface area (Å²) >= 11 is 0. The summed E-state index contributed by atoms with van der Waals surface area (Å²) in [6.45, 7) is 2.05. The van der Waals surface area contributed by atoms with E-state index in [0.717, 1.165) is 6.42 Å². The van der Waals surface area contributed by atoms with E-state index in [1.54, 1.807) is 42.5 Å². The monoisotopic (exact) mass is 306 g/mol. The highest BCUT2D eigenvalue weighted by atomic mass is 16.4. The summed E-state index contributed by atoms with van der Waals surface area (Å²) in [7, 11) is 0. The SMILES string of the molecule is CC/C=C\C[C@H](O)\C=C/C=C/C=C/[C@H](O)C/C=C\CC(=O)O. The third kappa shape index (κ3) is 14.5. The Morgan fingerprint density at radius 1 is 0.864 bits per heavy atom. The van der Waals surface area contributed by atoms with Crippen LogP contribution in [0.5, 0.6) is 0 Å². The average Bonchev–Trinajstić information content (AvgIpc) is 2.47. The Morgan fingerprint density at radius 2 is 1.36 bits per heavy atom. The van der Waals surface area contributed by atoms with Gasteiger partial charge < -0.3 is 15.3 Å². The number of aliphatic hydroxyl groups is 2. The molecule has 4 nitrogen and oxygen atoms in total. The van der Waals surface area contributed by atoms with Gasteiger partial charge in [-0.1, -0.05) is 67.7 Å². The molecule has 0 unspecified atom stereocenters. The summed E-state index contributed by atoms with van der Waals surface area (Å²) in [6.07, 6.45) is 18.3. The fourth-order valence-electron chi connectivity index (χ4n) is 1.49. The van der Waals surface area contributed by atoms with Crippen LogP contribution in [0, 0.1) is 0 Å². The molecule has 0 amide bonds. The average molecular weight is 306 g/mol. The van der Waals surface area contributed by atoms with Crippen LogP contribution in [0.15, 0.2) is 60.8 Å². The second kappa shape index (κ2) is 14.0. The molecule has 0 spiro atoms. The highest BCUT2D eigenvalue weighted by Gasteiger charge is 1.95. The molecule has 0 aromatic rings. The molecule has 0 heterocycles. The Bertz CT molecular complexity index is 430. The van der Waals surface area contributed by atoms with Gasteiger partial charge in [-0.15, -0.1) is 0 Å². The van der Waals surface area contributed by atoms with Crippen molar-refractivity contribution in [2.45, 2.75) is 44.8 Å². The van der Waals surface area contributed by atoms with Gasteiger partial charge in [0.25, 0.3) is 0 Å². The maximum absolute atomic E-state index is 10.3. The summed E-state index contributed by atoms with van der Waals surface area (Å²) in [5.41, 5.74) is 0. The molecule has 0 saturated heterocycles. The van der Waals surface area contributed by atoms with Crippen LogP contribution in [0.1, 0.15) is 32.6 Å². The lowest BCUT2D eigenvalue weighted by Crippen LogP contribution is -1.99. The van der Waals surface area contributed by atoms with E-state index in [9.17, 15) is 15.0 Å². The number of carboxylic acid groups (broad SMARTS) is 1. The molecule has 0 aromatic carbocycles. The molecule has 0 aliphatic carbocycles. The number of carboxylic acids is 1. The Balaban J connectivity index is 3.92. The quantitative estimate of drug-likeness (QED) is 0.405. The molecule has 3 N–H and O–H groups in total. The molecule has 0 aromatic heterocycles. The highest BCUT2D eigenvalue weighted by Crippen LogP contribution is 1.98. The first-order chi connectivity index (χ1) is 10.6. The minimum atomic E-state index is -0.886. The number of rotatable bonds is 11. The van der Waals surface area contributed by atoms with Gasteiger partial charge in [0.1, 0.15) is 0 Å². The Morgan fingerprint density at radius 3 is 1.82 bits per heavy atom. The summed E-state index contributed by atoms with van der Waals surface area (Å²) in [5.74, 6) is -0.886. The Kier molecular flexibility index (Phi) is 12.8. The normalized spacial score (nSPS) is 15.8. The zero-order chi connectivity index (χ0) is 16.6. The van der Waals surface area contributed by atoms with Crippen molar-refractivity contribution in [3.05, 3.63) is 60.8 Å². The highest BCUT2D eigenvalue weighted by molar-refractivity contribution is 5.68. The molecule has 0 radical (unpaired) electrons. The first-order valence-electron chi connectivity index (χ1n) is 7.45. The first kappa shape index (κ1) is 20.1. The standard InChI is InChI=1S/C18H26O4/c1-2-3-6-11-16(19)12-7-4-5-8-13-17(20)14-9-10-15-18(21)22/h3-10,12-13,16-17,19-20H,2,11,14-15H2,1H3,(H,21,22)/b5-4+,6-3-,10-9-,12-7-,13-8+/t16-,17-/m0/s1. The van der Waals surface area contributed by atoms with Gasteiger partial charge in [0.05, 0.1) is 18.6 Å². The number of hydrogen-bond acceptors (Lipinski definition) is 3. The van der Waals surface area contributed by atoms with E-state index in [4.69, 9.17) is 5.11 Å². The maximum Gasteiger partial charge on any atom is 0.307 e. The number of aliphatic carboxylic acids is 1. The van der Waals surface area contributed by atoms with Crippen molar-refractivity contribution in [3.8, 4) is 0 Å². The van der Waals surface area contributed by atoms with Crippen molar-refractivity contribution < 1.29 is 20.1 Å². The van der Waals surface area contributed by atoms with Gasteiger partial charge in [0.15, 0.2) is 0 Å². The van der Waals surface area contributed by atoms with Crippen LogP contribution in [0.25, 0.3) is 0 Å². The van der Waals surface area contributed by atoms with Crippen molar-refractivity contribution in [3.63, 3.8) is 0 Å². The van der Waals surface area contributed by atoms with Gasteiger partial charge >= 0.3 is 5.97 Å². The summed E-state index contributed by atoms with van der Waals surface area (Å²) in [6, 6.07) is 0. The fraction of sp³-hybridized carbons (Fsp3) is 0.389. The van der Waals surface area contributed by atoms with E-state index in [-0.39, 0.29) is 6.42 Å². The predicted molar refractivity (Wildman–Crippen MR) is 89.5 cm³/mol. The van der Waals surface area contributed by atoms with Crippen LogP contribution in [0.2, 0.25) is 0 Å². The molecular weight excluding hydrogens is 280 g/mol. The van der Waals surface area contributed by atoms with Gasteiger partial charge in [0.2, 0.25) is 0 Å². The lowest BCUT2D eigenvalue weighted by molar-refractivity contribution is -0.136. The summed E-state index contributed by atoms with van der Waals surface area (Å²) in [4.78, 5) is 10.3. The second-order valence-electron chi connectivity index (χ2n) is 4.71. The minimum absolute atomic E-state index is 0.0309. The van der Waals surface area contributed by atoms with Crippen molar-refractivity contribution >= 4 is 5.97 Å². The predicted octanol–water partition coefficient (Wildman–Crippen LogP) is 3.15. The second-order valence-corrected chi connectivity index (χ2v) is 4.71. The fourth-order valence-corrected chi connectivity index (χ4v) is 1.49. The zero-order valence-corrected chi connectivity index (χ0v) is 13.0. The molecule has 0 fully saturated rings. The van der Waals surface area contributed by atoms with E-state index in [2.05, 4.69) is 0 Å². The van der Waals surface area contributed by atoms with Crippen molar-refractivity contribution in [1.29, 1.82) is 0 Å². The van der Waals surface area contributed by atoms with Crippen LogP contribution in [-0.2, 0) is 4.79 Å². The molecule has 0 bridgehead atoms. The number of aliphatic hydroxyl groups excluding tert-OH is 2. The Hall–Kier alpha value is -1.91. The molecule has 0 aliphatic heterocycles. The third-order valence-electron chi connectivity index (χ3n) is 2.62. The number of allylic oxidation sites excluding steroid dienone is 5. The molecule has 0 aliphatic rings. The molecule has 4 heteroatoms. The molecule has 0 saturated carbocycles. The molecule has 22 heavy (non-hydrogen) atoms. The van der Waals surface area contributed by atoms with Crippen LogP contribution in [-0.4, -0.2) is 33.5 Å². The van der Waals surface area contributed by atoms with E-state index >= 15 is 0 Å². The van der Waals surface area contributed by atoms with Gasteiger partial charge in [-0.25, -0.2) is 0 Å². The molecule has 122 valence electrons. The van der Waals surface area contributed by atoms with E-state index < -0.39 is 18.2 Å². The minimum Gasteiger partial charge on any atom is -0.481 e. The van der Waals surface area contributed by atoms with Crippen LogP contribution < -0.4 is 0 Å². The van der Waals surface area contributed by atoms with Gasteiger partial charge in [-0.05, 0) is 19.3 Å². The summed E-state index contributed by atoms with van der Waals surface area (Å²) < 4.78 is 0. The van der Waals surface area contributed by atoms with Crippen LogP contribution in [0.3, 0.4) is 0 Å². The van der Waals surface area contributed by atoms with Crippen molar-refractivity contribution in [2.24, 2.45) is 0 Å². The third-order valence-corrected chi connectivity index (χ3v) is 2.62. The first-order valence-corrected chi connectivity index (χ1v) is 7.45. The lowest BCUT2D eigenvalue weighted by atomic mass is 10.2. The maximum atomic E-state index is 10.3. The zero-order valence-electron chi connectivity index (χ0n) is 13.0. The van der Waals surface area contributed by atoms with Gasteiger partial charge in [-0.3, -0.25) is 4.79 Å². The molecular formula is C18H26O4.